The van der Waals surface area contributed by atoms with E-state index in [9.17, 15) is 4.79 Å². The van der Waals surface area contributed by atoms with E-state index in [0.29, 0.717) is 16.1 Å². The lowest BCUT2D eigenvalue weighted by molar-refractivity contribution is 0.103. The molecule has 3 rings (SSSR count). The Morgan fingerprint density at radius 3 is 2.35 bits per heavy atom. The molecule has 0 spiro atoms. The van der Waals surface area contributed by atoms with Gasteiger partial charge in [0, 0.05) is 22.1 Å². The molecule has 2 aromatic carbocycles. The van der Waals surface area contributed by atoms with Crippen molar-refractivity contribution in [3.8, 4) is 0 Å². The van der Waals surface area contributed by atoms with Crippen LogP contribution in [0.25, 0.3) is 0 Å². The number of hydrogen-bond donors (Lipinski definition) is 0. The zero-order chi connectivity index (χ0) is 13.9. The fraction of sp³-hybridized carbons (Fsp3) is 0.0556. The minimum atomic E-state index is 0.0109. The smallest absolute Gasteiger partial charge is 0.193 e. The summed E-state index contributed by atoms with van der Waals surface area (Å²) < 4.78 is 0. The van der Waals surface area contributed by atoms with E-state index in [-0.39, 0.29) is 11.7 Å². The van der Waals surface area contributed by atoms with E-state index in [1.807, 2.05) is 54.6 Å². The second-order valence-corrected chi connectivity index (χ2v) is 5.16. The largest absolute Gasteiger partial charge is 0.289 e. The Labute approximate surface area is 123 Å². The van der Waals surface area contributed by atoms with Gasteiger partial charge in [0.25, 0.3) is 0 Å². The fourth-order valence-corrected chi connectivity index (χ4v) is 2.57. The third-order valence-corrected chi connectivity index (χ3v) is 3.64. The van der Waals surface area contributed by atoms with Crippen LogP contribution in [-0.4, -0.2) is 5.78 Å². The lowest BCUT2D eigenvalue weighted by atomic mass is 9.91. The molecule has 0 amide bonds. The molecule has 0 radical (unpaired) electrons. The van der Waals surface area contributed by atoms with E-state index in [1.54, 1.807) is 6.07 Å². The summed E-state index contributed by atoms with van der Waals surface area (Å²) in [6, 6.07) is 14.8. The van der Waals surface area contributed by atoms with E-state index in [0.717, 1.165) is 5.56 Å². The molecule has 1 aliphatic rings. The third-order valence-electron chi connectivity index (χ3n) is 3.40. The van der Waals surface area contributed by atoms with Crippen molar-refractivity contribution in [1.29, 1.82) is 0 Å². The van der Waals surface area contributed by atoms with Gasteiger partial charge in [0.2, 0.25) is 0 Å². The molecule has 0 aromatic heterocycles. The van der Waals surface area contributed by atoms with Crippen molar-refractivity contribution in [1.82, 2.24) is 0 Å². The maximum absolute atomic E-state index is 12.7. The number of ketones is 1. The number of carbonyl (C=O) groups excluding carboxylic acids is 1. The molecule has 98 valence electrons. The van der Waals surface area contributed by atoms with Crippen LogP contribution in [0.1, 0.15) is 27.4 Å². The molecule has 0 N–H and O–H groups in total. The minimum Gasteiger partial charge on any atom is -0.289 e. The Kier molecular flexibility index (Phi) is 3.53. The molecule has 0 aliphatic heterocycles. The van der Waals surface area contributed by atoms with Gasteiger partial charge < -0.3 is 0 Å². The standard InChI is InChI=1S/C18H13ClO/c19-15-10-11-16(13-6-4-5-7-13)17(12-15)18(20)14-8-2-1-3-9-14/h1-13H. The number of halogens is 1. The summed E-state index contributed by atoms with van der Waals surface area (Å²) in [6.07, 6.45) is 8.14. The lowest BCUT2D eigenvalue weighted by Gasteiger charge is -2.13. The highest BCUT2D eigenvalue weighted by molar-refractivity contribution is 6.31. The van der Waals surface area contributed by atoms with Crippen molar-refractivity contribution in [2.24, 2.45) is 0 Å². The van der Waals surface area contributed by atoms with Crippen LogP contribution >= 0.6 is 11.6 Å². The number of hydrogen-bond acceptors (Lipinski definition) is 1. The molecule has 0 unspecified atom stereocenters. The molecule has 0 bridgehead atoms. The summed E-state index contributed by atoms with van der Waals surface area (Å²) >= 11 is 6.07. The van der Waals surface area contributed by atoms with E-state index < -0.39 is 0 Å². The maximum atomic E-state index is 12.7. The van der Waals surface area contributed by atoms with Crippen molar-refractivity contribution in [3.05, 3.63) is 94.5 Å². The molecule has 2 heteroatoms. The van der Waals surface area contributed by atoms with Gasteiger partial charge in [-0.05, 0) is 17.7 Å². The van der Waals surface area contributed by atoms with Crippen LogP contribution in [0.4, 0.5) is 0 Å². The first-order valence-corrected chi connectivity index (χ1v) is 6.88. The predicted molar refractivity (Wildman–Crippen MR) is 82.3 cm³/mol. The molecule has 1 nitrogen and oxygen atoms in total. The average Bonchev–Trinajstić information content (AvgIpc) is 3.01. The summed E-state index contributed by atoms with van der Waals surface area (Å²) in [5.74, 6) is 0.159. The van der Waals surface area contributed by atoms with Crippen LogP contribution in [0.5, 0.6) is 0 Å². The first-order valence-electron chi connectivity index (χ1n) is 6.50. The quantitative estimate of drug-likeness (QED) is 0.740. The van der Waals surface area contributed by atoms with Crippen molar-refractivity contribution >= 4 is 17.4 Å². The van der Waals surface area contributed by atoms with Gasteiger partial charge in [-0.2, -0.15) is 0 Å². The summed E-state index contributed by atoms with van der Waals surface area (Å²) in [4.78, 5) is 12.7. The third kappa shape index (κ3) is 2.45. The maximum Gasteiger partial charge on any atom is 0.193 e. The first-order chi connectivity index (χ1) is 9.75. The van der Waals surface area contributed by atoms with Crippen LogP contribution in [0.2, 0.25) is 5.02 Å². The van der Waals surface area contributed by atoms with Gasteiger partial charge in [-0.1, -0.05) is 72.3 Å². The number of allylic oxidation sites excluding steroid dienone is 4. The van der Waals surface area contributed by atoms with Crippen molar-refractivity contribution in [2.75, 3.05) is 0 Å². The van der Waals surface area contributed by atoms with Crippen LogP contribution in [-0.2, 0) is 0 Å². The molecule has 1 aliphatic carbocycles. The lowest BCUT2D eigenvalue weighted by Crippen LogP contribution is -2.07. The summed E-state index contributed by atoms with van der Waals surface area (Å²) in [5, 5.41) is 0.582. The normalized spacial score (nSPS) is 13.8. The molecule has 20 heavy (non-hydrogen) atoms. The molecular weight excluding hydrogens is 268 g/mol. The summed E-state index contributed by atoms with van der Waals surface area (Å²) in [6.45, 7) is 0. The molecule has 0 atom stereocenters. The Hall–Kier alpha value is -2.12. The molecule has 2 aromatic rings. The van der Waals surface area contributed by atoms with Crippen molar-refractivity contribution in [2.45, 2.75) is 5.92 Å². The Morgan fingerprint density at radius 2 is 1.65 bits per heavy atom. The minimum absolute atomic E-state index is 0.0109. The van der Waals surface area contributed by atoms with E-state index >= 15 is 0 Å². The van der Waals surface area contributed by atoms with Gasteiger partial charge >= 0.3 is 0 Å². The molecule has 0 fully saturated rings. The van der Waals surface area contributed by atoms with Gasteiger partial charge in [0.05, 0.1) is 0 Å². The zero-order valence-electron chi connectivity index (χ0n) is 10.8. The number of carbonyl (C=O) groups is 1. The SMILES string of the molecule is O=C(c1ccccc1)c1cc(Cl)ccc1C1C=CC=C1. The number of benzene rings is 2. The van der Waals surface area contributed by atoms with Crippen LogP contribution in [0.3, 0.4) is 0 Å². The topological polar surface area (TPSA) is 17.1 Å². The molecule has 0 saturated heterocycles. The predicted octanol–water partition coefficient (Wildman–Crippen LogP) is 4.78. The van der Waals surface area contributed by atoms with Crippen LogP contribution in [0, 0.1) is 0 Å². The summed E-state index contributed by atoms with van der Waals surface area (Å²) in [7, 11) is 0. The van der Waals surface area contributed by atoms with Crippen molar-refractivity contribution in [3.63, 3.8) is 0 Å². The van der Waals surface area contributed by atoms with Gasteiger partial charge in [-0.15, -0.1) is 0 Å². The Balaban J connectivity index is 2.08. The second-order valence-electron chi connectivity index (χ2n) is 4.72. The second kappa shape index (κ2) is 5.48. The monoisotopic (exact) mass is 280 g/mol. The fourth-order valence-electron chi connectivity index (χ4n) is 2.40. The van der Waals surface area contributed by atoms with Crippen molar-refractivity contribution < 1.29 is 4.79 Å². The van der Waals surface area contributed by atoms with Gasteiger partial charge in [-0.25, -0.2) is 0 Å². The molecule has 0 heterocycles. The van der Waals surface area contributed by atoms with E-state index in [1.165, 1.54) is 0 Å². The van der Waals surface area contributed by atoms with E-state index in [4.69, 9.17) is 11.6 Å². The number of rotatable bonds is 3. The highest BCUT2D eigenvalue weighted by Crippen LogP contribution is 2.29. The average molecular weight is 281 g/mol. The van der Waals surface area contributed by atoms with Gasteiger partial charge in [0.15, 0.2) is 5.78 Å². The zero-order valence-corrected chi connectivity index (χ0v) is 11.5. The van der Waals surface area contributed by atoms with Crippen LogP contribution in [0.15, 0.2) is 72.8 Å². The Morgan fingerprint density at radius 1 is 0.950 bits per heavy atom. The van der Waals surface area contributed by atoms with E-state index in [2.05, 4.69) is 12.2 Å². The molecule has 0 saturated carbocycles. The highest BCUT2D eigenvalue weighted by Gasteiger charge is 2.18. The van der Waals surface area contributed by atoms with Gasteiger partial charge in [-0.3, -0.25) is 4.79 Å². The summed E-state index contributed by atoms with van der Waals surface area (Å²) in [5.41, 5.74) is 2.35. The van der Waals surface area contributed by atoms with Crippen LogP contribution < -0.4 is 0 Å². The highest BCUT2D eigenvalue weighted by atomic mass is 35.5. The first kappa shape index (κ1) is 12.9. The van der Waals surface area contributed by atoms with Gasteiger partial charge in [0.1, 0.15) is 0 Å². The molecular formula is C18H13ClO. The Bertz CT molecular complexity index is 687.